The Morgan fingerprint density at radius 3 is 2.33 bits per heavy atom. The van der Waals surface area contributed by atoms with Gasteiger partial charge >= 0.3 is 0 Å². The van der Waals surface area contributed by atoms with E-state index in [9.17, 15) is 4.79 Å². The largest absolute Gasteiger partial charge is 0.388 e. The Balaban J connectivity index is 2.14. The zero-order valence-corrected chi connectivity index (χ0v) is 10.7. The highest BCUT2D eigenvalue weighted by Crippen LogP contribution is 2.21. The third-order valence-electron chi connectivity index (χ3n) is 2.56. The molecule has 1 amide bonds. The number of rotatable bonds is 3. The first kappa shape index (κ1) is 12.5. The first-order chi connectivity index (χ1) is 8.70. The highest BCUT2D eigenvalue weighted by atomic mass is 35.5. The minimum Gasteiger partial charge on any atom is -0.388 e. The van der Waals surface area contributed by atoms with E-state index < -0.39 is 0 Å². The molecule has 3 nitrogen and oxygen atoms in total. The molecule has 0 aliphatic carbocycles. The average molecular weight is 261 g/mol. The Kier molecular flexibility index (Phi) is 3.85. The van der Waals surface area contributed by atoms with Gasteiger partial charge in [0.05, 0.1) is 10.7 Å². The van der Waals surface area contributed by atoms with E-state index >= 15 is 0 Å². The van der Waals surface area contributed by atoms with Crippen LogP contribution in [0, 0.1) is 0 Å². The molecule has 18 heavy (non-hydrogen) atoms. The molecule has 0 saturated carbocycles. The van der Waals surface area contributed by atoms with E-state index in [0.717, 1.165) is 5.69 Å². The number of carbonyl (C=O) groups excluding carboxylic acids is 1. The summed E-state index contributed by atoms with van der Waals surface area (Å²) in [6.07, 6.45) is 0. The number of hydrogen-bond donors (Lipinski definition) is 2. The monoisotopic (exact) mass is 260 g/mol. The topological polar surface area (TPSA) is 41.1 Å². The Morgan fingerprint density at radius 2 is 1.72 bits per heavy atom. The van der Waals surface area contributed by atoms with E-state index in [4.69, 9.17) is 11.6 Å². The zero-order chi connectivity index (χ0) is 13.0. The van der Waals surface area contributed by atoms with E-state index in [1.165, 1.54) is 0 Å². The predicted molar refractivity (Wildman–Crippen MR) is 75.4 cm³/mol. The van der Waals surface area contributed by atoms with Crippen LogP contribution in [0.5, 0.6) is 0 Å². The standard InChI is InChI=1S/C14H13ClN2O/c1-16-11-8-6-10(7-9-11)14(18)17-13-5-3-2-4-12(13)15/h2-9,16H,1H3,(H,17,18). The highest BCUT2D eigenvalue weighted by molar-refractivity contribution is 6.33. The van der Waals surface area contributed by atoms with Gasteiger partial charge in [0.1, 0.15) is 0 Å². The summed E-state index contributed by atoms with van der Waals surface area (Å²) in [6, 6.07) is 14.4. The lowest BCUT2D eigenvalue weighted by Gasteiger charge is -2.07. The molecule has 0 atom stereocenters. The molecule has 92 valence electrons. The SMILES string of the molecule is CNc1ccc(C(=O)Nc2ccccc2Cl)cc1. The van der Waals surface area contributed by atoms with Crippen LogP contribution in [0.25, 0.3) is 0 Å². The smallest absolute Gasteiger partial charge is 0.255 e. The van der Waals surface area contributed by atoms with Crippen LogP contribution in [-0.4, -0.2) is 13.0 Å². The minimum absolute atomic E-state index is 0.175. The summed E-state index contributed by atoms with van der Waals surface area (Å²) in [7, 11) is 1.83. The van der Waals surface area contributed by atoms with Gasteiger partial charge in [-0.1, -0.05) is 23.7 Å². The van der Waals surface area contributed by atoms with E-state index in [1.54, 1.807) is 24.3 Å². The summed E-state index contributed by atoms with van der Waals surface area (Å²) in [6.45, 7) is 0. The van der Waals surface area contributed by atoms with Gasteiger partial charge in [-0.15, -0.1) is 0 Å². The van der Waals surface area contributed by atoms with Crippen LogP contribution in [-0.2, 0) is 0 Å². The fourth-order valence-electron chi connectivity index (χ4n) is 1.55. The molecule has 0 spiro atoms. The fourth-order valence-corrected chi connectivity index (χ4v) is 1.73. The third-order valence-corrected chi connectivity index (χ3v) is 2.89. The van der Waals surface area contributed by atoms with Crippen molar-refractivity contribution in [3.8, 4) is 0 Å². The first-order valence-electron chi connectivity index (χ1n) is 5.54. The molecule has 4 heteroatoms. The Hall–Kier alpha value is -2.00. The summed E-state index contributed by atoms with van der Waals surface area (Å²) in [5.41, 5.74) is 2.17. The molecule has 2 N–H and O–H groups in total. The molecule has 0 radical (unpaired) electrons. The molecule has 0 heterocycles. The van der Waals surface area contributed by atoms with Crippen molar-refractivity contribution in [3.05, 3.63) is 59.1 Å². The zero-order valence-electron chi connectivity index (χ0n) is 9.91. The maximum atomic E-state index is 12.0. The summed E-state index contributed by atoms with van der Waals surface area (Å²) in [4.78, 5) is 12.0. The summed E-state index contributed by atoms with van der Waals surface area (Å²) < 4.78 is 0. The molecular weight excluding hydrogens is 248 g/mol. The second kappa shape index (κ2) is 5.56. The normalized spacial score (nSPS) is 9.89. The number of amides is 1. The van der Waals surface area contributed by atoms with Crippen molar-refractivity contribution in [2.45, 2.75) is 0 Å². The van der Waals surface area contributed by atoms with Crippen molar-refractivity contribution in [1.82, 2.24) is 0 Å². The lowest BCUT2D eigenvalue weighted by atomic mass is 10.2. The quantitative estimate of drug-likeness (QED) is 0.885. The molecule has 2 aromatic rings. The number of halogens is 1. The molecular formula is C14H13ClN2O. The van der Waals surface area contributed by atoms with Crippen molar-refractivity contribution in [3.63, 3.8) is 0 Å². The number of anilines is 2. The van der Waals surface area contributed by atoms with Gasteiger partial charge in [0, 0.05) is 18.3 Å². The van der Waals surface area contributed by atoms with Crippen LogP contribution in [0.3, 0.4) is 0 Å². The number of nitrogens with one attached hydrogen (secondary N) is 2. The summed E-state index contributed by atoms with van der Waals surface area (Å²) in [5, 5.41) is 6.30. The van der Waals surface area contributed by atoms with Gasteiger partial charge in [-0.2, -0.15) is 0 Å². The van der Waals surface area contributed by atoms with Gasteiger partial charge in [-0.3, -0.25) is 4.79 Å². The molecule has 0 bridgehead atoms. The van der Waals surface area contributed by atoms with Crippen LogP contribution in [0.1, 0.15) is 10.4 Å². The maximum Gasteiger partial charge on any atom is 0.255 e. The predicted octanol–water partition coefficient (Wildman–Crippen LogP) is 3.63. The molecule has 2 aromatic carbocycles. The number of hydrogen-bond acceptors (Lipinski definition) is 2. The van der Waals surface area contributed by atoms with Crippen molar-refractivity contribution in [1.29, 1.82) is 0 Å². The van der Waals surface area contributed by atoms with Crippen molar-refractivity contribution < 1.29 is 4.79 Å². The Labute approximate surface area is 111 Å². The molecule has 0 unspecified atom stereocenters. The van der Waals surface area contributed by atoms with Gasteiger partial charge in [0.15, 0.2) is 0 Å². The van der Waals surface area contributed by atoms with Crippen LogP contribution in [0.4, 0.5) is 11.4 Å². The molecule has 0 aliphatic heterocycles. The number of para-hydroxylation sites is 1. The lowest BCUT2D eigenvalue weighted by molar-refractivity contribution is 0.102. The van der Waals surface area contributed by atoms with E-state index in [2.05, 4.69) is 10.6 Å². The molecule has 0 aliphatic rings. The minimum atomic E-state index is -0.175. The molecule has 2 rings (SSSR count). The second-order valence-corrected chi connectivity index (χ2v) is 4.17. The van der Waals surface area contributed by atoms with Crippen LogP contribution in [0.2, 0.25) is 5.02 Å². The van der Waals surface area contributed by atoms with Gasteiger partial charge in [-0.05, 0) is 36.4 Å². The van der Waals surface area contributed by atoms with Crippen molar-refractivity contribution >= 4 is 28.9 Å². The van der Waals surface area contributed by atoms with E-state index in [1.807, 2.05) is 31.3 Å². The lowest BCUT2D eigenvalue weighted by Crippen LogP contribution is -2.12. The van der Waals surface area contributed by atoms with Crippen LogP contribution < -0.4 is 10.6 Å². The summed E-state index contributed by atoms with van der Waals surface area (Å²) >= 11 is 5.98. The van der Waals surface area contributed by atoms with Crippen molar-refractivity contribution in [2.24, 2.45) is 0 Å². The molecule has 0 saturated heterocycles. The molecule has 0 fully saturated rings. The maximum absolute atomic E-state index is 12.0. The fraction of sp³-hybridized carbons (Fsp3) is 0.0714. The summed E-state index contributed by atoms with van der Waals surface area (Å²) in [5.74, 6) is -0.175. The van der Waals surface area contributed by atoms with Gasteiger partial charge in [0.25, 0.3) is 5.91 Å². The Morgan fingerprint density at radius 1 is 1.06 bits per heavy atom. The van der Waals surface area contributed by atoms with E-state index in [0.29, 0.717) is 16.3 Å². The van der Waals surface area contributed by atoms with E-state index in [-0.39, 0.29) is 5.91 Å². The van der Waals surface area contributed by atoms with Crippen LogP contribution in [0.15, 0.2) is 48.5 Å². The molecule has 0 aromatic heterocycles. The van der Waals surface area contributed by atoms with Gasteiger partial charge in [0.2, 0.25) is 0 Å². The third kappa shape index (κ3) is 2.81. The van der Waals surface area contributed by atoms with Gasteiger partial charge < -0.3 is 10.6 Å². The number of benzene rings is 2. The van der Waals surface area contributed by atoms with Crippen LogP contribution >= 0.6 is 11.6 Å². The first-order valence-corrected chi connectivity index (χ1v) is 5.92. The van der Waals surface area contributed by atoms with Gasteiger partial charge in [-0.25, -0.2) is 0 Å². The Bertz CT molecular complexity index is 552. The average Bonchev–Trinajstić information content (AvgIpc) is 2.41. The second-order valence-electron chi connectivity index (χ2n) is 3.76. The highest BCUT2D eigenvalue weighted by Gasteiger charge is 2.07. The number of carbonyl (C=O) groups is 1. The van der Waals surface area contributed by atoms with Crippen molar-refractivity contribution in [2.75, 3.05) is 17.7 Å².